The first kappa shape index (κ1) is 15.7. The fourth-order valence-corrected chi connectivity index (χ4v) is 2.65. The van der Waals surface area contributed by atoms with E-state index in [2.05, 4.69) is 14.9 Å². The van der Waals surface area contributed by atoms with Crippen LogP contribution in [-0.2, 0) is 19.2 Å². The molecule has 5 nitrogen and oxygen atoms in total. The number of nitrogens with zero attached hydrogens (tertiary/aromatic N) is 3. The number of ether oxygens (including phenoxy) is 1. The number of thioether (sulfide) groups is 1. The highest BCUT2D eigenvalue weighted by molar-refractivity contribution is 7.98. The molecule has 2 N–H and O–H groups in total. The predicted octanol–water partition coefficient (Wildman–Crippen LogP) is 2.21. The fourth-order valence-electron chi connectivity index (χ4n) is 1.78. The van der Waals surface area contributed by atoms with E-state index >= 15 is 0 Å². The van der Waals surface area contributed by atoms with Crippen LogP contribution in [0.1, 0.15) is 11.4 Å². The van der Waals surface area contributed by atoms with Crippen molar-refractivity contribution < 1.29 is 13.5 Å². The monoisotopic (exact) mass is 314 g/mol. The fraction of sp³-hybridized carbons (Fsp3) is 0.385. The Morgan fingerprint density at radius 1 is 1.38 bits per heavy atom. The second kappa shape index (κ2) is 7.37. The van der Waals surface area contributed by atoms with E-state index in [1.165, 1.54) is 17.8 Å². The number of hydrogen-bond acceptors (Lipinski definition) is 5. The Labute approximate surface area is 125 Å². The second-order valence-corrected chi connectivity index (χ2v) is 5.25. The summed E-state index contributed by atoms with van der Waals surface area (Å²) in [7, 11) is 1.88. The number of alkyl halides is 2. The van der Waals surface area contributed by atoms with Crippen molar-refractivity contribution in [2.45, 2.75) is 23.9 Å². The number of nitrogens with two attached hydrogens (primary N) is 1. The lowest BCUT2D eigenvalue weighted by atomic mass is 10.2. The number of halogens is 2. The molecule has 0 aliphatic rings. The molecule has 0 saturated carbocycles. The molecule has 1 heterocycles. The van der Waals surface area contributed by atoms with Gasteiger partial charge < -0.3 is 15.0 Å². The molecule has 0 aliphatic heterocycles. The summed E-state index contributed by atoms with van der Waals surface area (Å²) in [6.45, 7) is -2.30. The average molecular weight is 314 g/mol. The zero-order valence-corrected chi connectivity index (χ0v) is 12.3. The zero-order chi connectivity index (χ0) is 15.2. The van der Waals surface area contributed by atoms with E-state index in [4.69, 9.17) is 5.73 Å². The van der Waals surface area contributed by atoms with Gasteiger partial charge in [0.2, 0.25) is 0 Å². The molecule has 21 heavy (non-hydrogen) atoms. The second-order valence-electron chi connectivity index (χ2n) is 4.31. The molecule has 0 atom stereocenters. The van der Waals surface area contributed by atoms with E-state index in [1.54, 1.807) is 12.1 Å². The van der Waals surface area contributed by atoms with Crippen LogP contribution in [0.2, 0.25) is 0 Å². The summed E-state index contributed by atoms with van der Waals surface area (Å²) >= 11 is 1.48. The van der Waals surface area contributed by atoms with E-state index in [9.17, 15) is 8.78 Å². The van der Waals surface area contributed by atoms with Crippen molar-refractivity contribution in [3.63, 3.8) is 0 Å². The van der Waals surface area contributed by atoms with Gasteiger partial charge in [-0.1, -0.05) is 23.9 Å². The van der Waals surface area contributed by atoms with E-state index in [0.29, 0.717) is 18.7 Å². The van der Waals surface area contributed by atoms with Crippen molar-refractivity contribution in [2.75, 3.05) is 6.54 Å². The lowest BCUT2D eigenvalue weighted by Gasteiger charge is -2.07. The zero-order valence-electron chi connectivity index (χ0n) is 11.5. The maximum absolute atomic E-state index is 12.2. The molecule has 0 radical (unpaired) electrons. The van der Waals surface area contributed by atoms with Crippen molar-refractivity contribution >= 4 is 11.8 Å². The molecular weight excluding hydrogens is 298 g/mol. The molecule has 0 aliphatic carbocycles. The molecule has 114 valence electrons. The molecule has 0 unspecified atom stereocenters. The van der Waals surface area contributed by atoms with Crippen molar-refractivity contribution in [1.29, 1.82) is 0 Å². The summed E-state index contributed by atoms with van der Waals surface area (Å²) in [6, 6.07) is 6.63. The Bertz CT molecular complexity index is 591. The maximum Gasteiger partial charge on any atom is 0.387 e. The summed E-state index contributed by atoms with van der Waals surface area (Å²) in [5, 5.41) is 8.91. The number of hydrogen-bond donors (Lipinski definition) is 1. The first-order valence-electron chi connectivity index (χ1n) is 6.35. The number of rotatable bonds is 7. The highest BCUT2D eigenvalue weighted by Gasteiger charge is 2.09. The first-order chi connectivity index (χ1) is 10.1. The van der Waals surface area contributed by atoms with Gasteiger partial charge in [0.15, 0.2) is 5.16 Å². The molecule has 0 fully saturated rings. The van der Waals surface area contributed by atoms with Crippen molar-refractivity contribution in [2.24, 2.45) is 12.8 Å². The van der Waals surface area contributed by atoms with Gasteiger partial charge in [-0.05, 0) is 24.2 Å². The maximum atomic E-state index is 12.2. The highest BCUT2D eigenvalue weighted by Crippen LogP contribution is 2.24. The Hall–Kier alpha value is -1.67. The molecule has 1 aromatic carbocycles. The van der Waals surface area contributed by atoms with Gasteiger partial charge in [-0.15, -0.1) is 10.2 Å². The Morgan fingerprint density at radius 3 is 2.90 bits per heavy atom. The molecule has 1 aromatic heterocycles. The van der Waals surface area contributed by atoms with Gasteiger partial charge in [0.05, 0.1) is 0 Å². The molecular formula is C13H16F2N4OS. The standard InChI is InChI=1S/C13H16F2N4OS/c1-19-11(5-6-16)17-18-13(19)21-8-9-3-2-4-10(7-9)20-12(14)15/h2-4,7,12H,5-6,8,16H2,1H3. The van der Waals surface area contributed by atoms with E-state index in [-0.39, 0.29) is 5.75 Å². The van der Waals surface area contributed by atoms with Crippen molar-refractivity contribution in [3.05, 3.63) is 35.7 Å². The minimum atomic E-state index is -2.81. The smallest absolute Gasteiger partial charge is 0.387 e. The average Bonchev–Trinajstić information content (AvgIpc) is 2.78. The molecule has 0 bridgehead atoms. The Balaban J connectivity index is 1.99. The largest absolute Gasteiger partial charge is 0.435 e. The van der Waals surface area contributed by atoms with Crippen molar-refractivity contribution in [3.8, 4) is 5.75 Å². The van der Waals surface area contributed by atoms with Gasteiger partial charge >= 0.3 is 6.61 Å². The molecule has 0 amide bonds. The topological polar surface area (TPSA) is 66.0 Å². The van der Waals surface area contributed by atoms with Gasteiger partial charge in [-0.3, -0.25) is 0 Å². The van der Waals surface area contributed by atoms with Crippen LogP contribution in [0.5, 0.6) is 5.75 Å². The first-order valence-corrected chi connectivity index (χ1v) is 7.33. The minimum Gasteiger partial charge on any atom is -0.435 e. The SMILES string of the molecule is Cn1c(CCN)nnc1SCc1cccc(OC(F)F)c1. The third-order valence-corrected chi connectivity index (χ3v) is 3.88. The van der Waals surface area contributed by atoms with Crippen LogP contribution in [-0.4, -0.2) is 27.9 Å². The summed E-state index contributed by atoms with van der Waals surface area (Å²) < 4.78 is 30.6. The summed E-state index contributed by atoms with van der Waals surface area (Å²) in [4.78, 5) is 0. The summed E-state index contributed by atoms with van der Waals surface area (Å²) in [6.07, 6.45) is 0.668. The molecule has 0 saturated heterocycles. The lowest BCUT2D eigenvalue weighted by Crippen LogP contribution is -2.08. The Kier molecular flexibility index (Phi) is 5.51. The van der Waals surface area contributed by atoms with E-state index in [1.807, 2.05) is 17.7 Å². The third kappa shape index (κ3) is 4.40. The van der Waals surface area contributed by atoms with Crippen LogP contribution >= 0.6 is 11.8 Å². The van der Waals surface area contributed by atoms with Crippen LogP contribution in [0.4, 0.5) is 8.78 Å². The van der Waals surface area contributed by atoms with Gasteiger partial charge in [0, 0.05) is 19.2 Å². The van der Waals surface area contributed by atoms with Crippen LogP contribution < -0.4 is 10.5 Å². The third-order valence-electron chi connectivity index (χ3n) is 2.78. The quantitative estimate of drug-likeness (QED) is 0.794. The number of benzene rings is 1. The van der Waals surface area contributed by atoms with Crippen LogP contribution in [0, 0.1) is 0 Å². The van der Waals surface area contributed by atoms with Gasteiger partial charge in [-0.25, -0.2) is 0 Å². The number of aromatic nitrogens is 3. The molecule has 2 aromatic rings. The lowest BCUT2D eigenvalue weighted by molar-refractivity contribution is -0.0498. The normalized spacial score (nSPS) is 11.1. The van der Waals surface area contributed by atoms with Gasteiger partial charge in [0.1, 0.15) is 11.6 Å². The highest BCUT2D eigenvalue weighted by atomic mass is 32.2. The minimum absolute atomic E-state index is 0.157. The molecule has 2 rings (SSSR count). The van der Waals surface area contributed by atoms with Crippen LogP contribution in [0.15, 0.2) is 29.4 Å². The van der Waals surface area contributed by atoms with E-state index in [0.717, 1.165) is 16.5 Å². The van der Waals surface area contributed by atoms with E-state index < -0.39 is 6.61 Å². The Morgan fingerprint density at radius 2 is 2.19 bits per heavy atom. The molecule has 8 heteroatoms. The van der Waals surface area contributed by atoms with Crippen molar-refractivity contribution in [1.82, 2.24) is 14.8 Å². The predicted molar refractivity (Wildman–Crippen MR) is 76.4 cm³/mol. The summed E-state index contributed by atoms with van der Waals surface area (Å²) in [5.74, 6) is 1.58. The van der Waals surface area contributed by atoms with Crippen LogP contribution in [0.3, 0.4) is 0 Å². The van der Waals surface area contributed by atoms with Crippen LogP contribution in [0.25, 0.3) is 0 Å². The summed E-state index contributed by atoms with van der Waals surface area (Å²) in [5.41, 5.74) is 6.37. The van der Waals surface area contributed by atoms with Gasteiger partial charge in [0.25, 0.3) is 0 Å². The van der Waals surface area contributed by atoms with Gasteiger partial charge in [-0.2, -0.15) is 8.78 Å². The molecule has 0 spiro atoms.